The zero-order valence-corrected chi connectivity index (χ0v) is 9.79. The molecule has 0 bridgehead atoms. The van der Waals surface area contributed by atoms with Crippen LogP contribution in [0, 0.1) is 5.82 Å². The zero-order chi connectivity index (χ0) is 11.4. The van der Waals surface area contributed by atoms with Gasteiger partial charge in [-0.1, -0.05) is 15.9 Å². The van der Waals surface area contributed by atoms with E-state index in [0.717, 1.165) is 12.1 Å². The number of phenolic OH excluding ortho intramolecular Hbond substituents is 1. The second-order valence-corrected chi connectivity index (χ2v) is 3.87. The molecule has 0 aliphatic heterocycles. The first kappa shape index (κ1) is 12.0. The van der Waals surface area contributed by atoms with E-state index in [4.69, 9.17) is 0 Å². The molecule has 0 aromatic heterocycles. The van der Waals surface area contributed by atoms with E-state index in [-0.39, 0.29) is 17.2 Å². The van der Waals surface area contributed by atoms with Crippen molar-refractivity contribution in [3.05, 3.63) is 29.6 Å². The van der Waals surface area contributed by atoms with Crippen LogP contribution in [0.25, 0.3) is 0 Å². The molecule has 1 rings (SSSR count). The fourth-order valence-electron chi connectivity index (χ4n) is 1.12. The fourth-order valence-corrected chi connectivity index (χ4v) is 1.65. The van der Waals surface area contributed by atoms with Gasteiger partial charge >= 0.3 is 0 Å². The molecular formula is C10H11BrFNO2. The summed E-state index contributed by atoms with van der Waals surface area (Å²) in [7, 11) is 1.62. The molecular weight excluding hydrogens is 265 g/mol. The number of halogens is 2. The van der Waals surface area contributed by atoms with Gasteiger partial charge in [-0.2, -0.15) is 0 Å². The predicted molar refractivity (Wildman–Crippen MR) is 58.8 cm³/mol. The van der Waals surface area contributed by atoms with Gasteiger partial charge in [0.1, 0.15) is 11.6 Å². The molecule has 1 aromatic carbocycles. The molecule has 0 aliphatic carbocycles. The van der Waals surface area contributed by atoms with E-state index in [9.17, 15) is 14.3 Å². The molecule has 0 unspecified atom stereocenters. The van der Waals surface area contributed by atoms with Crippen LogP contribution in [-0.2, 0) is 0 Å². The Morgan fingerprint density at radius 3 is 2.80 bits per heavy atom. The number of hydrogen-bond donors (Lipinski definition) is 1. The first-order valence-electron chi connectivity index (χ1n) is 4.36. The van der Waals surface area contributed by atoms with Crippen molar-refractivity contribution >= 4 is 21.8 Å². The summed E-state index contributed by atoms with van der Waals surface area (Å²) in [5.41, 5.74) is 0.111. The highest BCUT2D eigenvalue weighted by Crippen LogP contribution is 2.19. The molecule has 0 heterocycles. The quantitative estimate of drug-likeness (QED) is 0.858. The maximum atomic E-state index is 12.7. The van der Waals surface area contributed by atoms with Crippen LogP contribution in [0.4, 0.5) is 4.39 Å². The molecule has 82 valence electrons. The Balaban J connectivity index is 2.91. The highest BCUT2D eigenvalue weighted by molar-refractivity contribution is 9.09. The van der Waals surface area contributed by atoms with Crippen molar-refractivity contribution in [1.82, 2.24) is 4.90 Å². The van der Waals surface area contributed by atoms with E-state index in [1.807, 2.05) is 0 Å². The second-order valence-electron chi connectivity index (χ2n) is 3.08. The van der Waals surface area contributed by atoms with E-state index < -0.39 is 5.82 Å². The molecule has 0 aliphatic rings. The standard InChI is InChI=1S/C10H11BrFNO2/c1-13(5-4-11)10(15)8-3-2-7(12)6-9(8)14/h2-3,6,14H,4-5H2,1H3. The van der Waals surface area contributed by atoms with E-state index in [0.29, 0.717) is 11.9 Å². The molecule has 1 N–H and O–H groups in total. The summed E-state index contributed by atoms with van der Waals surface area (Å²) in [4.78, 5) is 13.1. The monoisotopic (exact) mass is 275 g/mol. The van der Waals surface area contributed by atoms with E-state index in [1.165, 1.54) is 11.0 Å². The molecule has 0 saturated carbocycles. The largest absolute Gasteiger partial charge is 0.507 e. The normalized spacial score (nSPS) is 10.1. The lowest BCUT2D eigenvalue weighted by Gasteiger charge is -2.16. The molecule has 0 fully saturated rings. The Bertz CT molecular complexity index is 370. The minimum Gasteiger partial charge on any atom is -0.507 e. The third-order valence-corrected chi connectivity index (χ3v) is 2.31. The number of phenols is 1. The fraction of sp³-hybridized carbons (Fsp3) is 0.300. The molecule has 0 saturated heterocycles. The van der Waals surface area contributed by atoms with Gasteiger partial charge in [-0.25, -0.2) is 4.39 Å². The minimum atomic E-state index is -0.563. The van der Waals surface area contributed by atoms with Gasteiger partial charge in [-0.15, -0.1) is 0 Å². The van der Waals surface area contributed by atoms with E-state index >= 15 is 0 Å². The van der Waals surface area contributed by atoms with Gasteiger partial charge < -0.3 is 10.0 Å². The van der Waals surface area contributed by atoms with Crippen LogP contribution >= 0.6 is 15.9 Å². The molecule has 15 heavy (non-hydrogen) atoms. The van der Waals surface area contributed by atoms with Crippen molar-refractivity contribution < 1.29 is 14.3 Å². The highest BCUT2D eigenvalue weighted by Gasteiger charge is 2.15. The van der Waals surface area contributed by atoms with Crippen molar-refractivity contribution in [2.75, 3.05) is 18.9 Å². The van der Waals surface area contributed by atoms with Crippen LogP contribution in [0.15, 0.2) is 18.2 Å². The van der Waals surface area contributed by atoms with Crippen LogP contribution in [0.5, 0.6) is 5.75 Å². The number of hydrogen-bond acceptors (Lipinski definition) is 2. The molecule has 0 spiro atoms. The van der Waals surface area contributed by atoms with Gasteiger partial charge in [0, 0.05) is 25.0 Å². The smallest absolute Gasteiger partial charge is 0.257 e. The predicted octanol–water partition coefficient (Wildman–Crippen LogP) is 2.00. The number of nitrogens with zero attached hydrogens (tertiary/aromatic N) is 1. The summed E-state index contributed by atoms with van der Waals surface area (Å²) >= 11 is 3.20. The van der Waals surface area contributed by atoms with E-state index in [1.54, 1.807) is 7.05 Å². The average molecular weight is 276 g/mol. The summed E-state index contributed by atoms with van der Waals surface area (Å²) in [5, 5.41) is 10.0. The molecule has 0 radical (unpaired) electrons. The Morgan fingerprint density at radius 2 is 2.27 bits per heavy atom. The Hall–Kier alpha value is -1.10. The Morgan fingerprint density at radius 1 is 1.60 bits per heavy atom. The summed E-state index contributed by atoms with van der Waals surface area (Å²) in [5.74, 6) is -1.22. The lowest BCUT2D eigenvalue weighted by atomic mass is 10.1. The second kappa shape index (κ2) is 5.11. The van der Waals surface area contributed by atoms with Gasteiger partial charge in [0.25, 0.3) is 5.91 Å². The van der Waals surface area contributed by atoms with Crippen LogP contribution in [0.1, 0.15) is 10.4 Å². The van der Waals surface area contributed by atoms with Gasteiger partial charge in [0.05, 0.1) is 5.56 Å². The van der Waals surface area contributed by atoms with Crippen molar-refractivity contribution in [1.29, 1.82) is 0 Å². The number of rotatable bonds is 3. The maximum absolute atomic E-state index is 12.7. The Labute approximate surface area is 95.6 Å². The molecule has 5 heteroatoms. The first-order chi connectivity index (χ1) is 7.06. The van der Waals surface area contributed by atoms with Crippen molar-refractivity contribution in [3.8, 4) is 5.75 Å². The molecule has 0 atom stereocenters. The van der Waals surface area contributed by atoms with Crippen LogP contribution < -0.4 is 0 Å². The zero-order valence-electron chi connectivity index (χ0n) is 8.20. The maximum Gasteiger partial charge on any atom is 0.257 e. The van der Waals surface area contributed by atoms with Crippen LogP contribution in [0.2, 0.25) is 0 Å². The number of aromatic hydroxyl groups is 1. The van der Waals surface area contributed by atoms with Crippen LogP contribution in [-0.4, -0.2) is 34.8 Å². The number of benzene rings is 1. The molecule has 3 nitrogen and oxygen atoms in total. The third-order valence-electron chi connectivity index (χ3n) is 1.96. The lowest BCUT2D eigenvalue weighted by molar-refractivity contribution is 0.0801. The number of amides is 1. The number of carbonyl (C=O) groups is 1. The van der Waals surface area contributed by atoms with Gasteiger partial charge in [0.2, 0.25) is 0 Å². The summed E-state index contributed by atoms with van der Waals surface area (Å²) in [6.07, 6.45) is 0. The minimum absolute atomic E-state index is 0.111. The SMILES string of the molecule is CN(CCBr)C(=O)c1ccc(F)cc1O. The van der Waals surface area contributed by atoms with Crippen molar-refractivity contribution in [3.63, 3.8) is 0 Å². The topological polar surface area (TPSA) is 40.5 Å². The number of alkyl halides is 1. The van der Waals surface area contributed by atoms with Gasteiger partial charge in [-0.3, -0.25) is 4.79 Å². The Kier molecular flexibility index (Phi) is 4.08. The molecule has 1 aromatic rings. The summed E-state index contributed by atoms with van der Waals surface area (Å²) in [6.45, 7) is 0.523. The van der Waals surface area contributed by atoms with E-state index in [2.05, 4.69) is 15.9 Å². The van der Waals surface area contributed by atoms with Gasteiger partial charge in [0.15, 0.2) is 0 Å². The van der Waals surface area contributed by atoms with Crippen LogP contribution in [0.3, 0.4) is 0 Å². The first-order valence-corrected chi connectivity index (χ1v) is 5.48. The van der Waals surface area contributed by atoms with Crippen molar-refractivity contribution in [2.45, 2.75) is 0 Å². The third kappa shape index (κ3) is 2.92. The molecule has 1 amide bonds. The summed E-state index contributed by atoms with van der Waals surface area (Å²) in [6, 6.07) is 3.35. The number of carbonyl (C=O) groups excluding carboxylic acids is 1. The summed E-state index contributed by atoms with van der Waals surface area (Å²) < 4.78 is 12.7. The lowest BCUT2D eigenvalue weighted by Crippen LogP contribution is -2.28. The van der Waals surface area contributed by atoms with Crippen molar-refractivity contribution in [2.24, 2.45) is 0 Å². The van der Waals surface area contributed by atoms with Gasteiger partial charge in [-0.05, 0) is 12.1 Å². The average Bonchev–Trinajstić information content (AvgIpc) is 2.17. The highest BCUT2D eigenvalue weighted by atomic mass is 79.9.